The molecule has 0 aliphatic carbocycles. The predicted octanol–water partition coefficient (Wildman–Crippen LogP) is 3.96. The van der Waals surface area contributed by atoms with Crippen LogP contribution in [-0.4, -0.2) is 28.7 Å². The van der Waals surface area contributed by atoms with Gasteiger partial charge in [0.1, 0.15) is 0 Å². The SMILES string of the molecule is Cc1ccc(N2C(=O)CC(SCC(=O)Nc3ccc(Cl)cc3)C2=O)cc1C. The lowest BCUT2D eigenvalue weighted by atomic mass is 10.1. The summed E-state index contributed by atoms with van der Waals surface area (Å²) in [6, 6.07) is 12.3. The fraction of sp³-hybridized carbons (Fsp3) is 0.250. The lowest BCUT2D eigenvalue weighted by Gasteiger charge is -2.16. The molecule has 1 aliphatic heterocycles. The number of carbonyl (C=O) groups excluding carboxylic acids is 3. The molecule has 140 valence electrons. The molecule has 3 rings (SSSR count). The third kappa shape index (κ3) is 4.51. The Morgan fingerprint density at radius 3 is 2.52 bits per heavy atom. The smallest absolute Gasteiger partial charge is 0.247 e. The molecule has 0 saturated carbocycles. The van der Waals surface area contributed by atoms with Gasteiger partial charge in [0, 0.05) is 17.1 Å². The molecular weight excluding hydrogens is 384 g/mol. The quantitative estimate of drug-likeness (QED) is 0.768. The molecule has 1 aliphatic rings. The number of nitrogens with one attached hydrogen (secondary N) is 1. The number of hydrogen-bond donors (Lipinski definition) is 1. The molecule has 27 heavy (non-hydrogen) atoms. The highest BCUT2D eigenvalue weighted by molar-refractivity contribution is 8.01. The zero-order chi connectivity index (χ0) is 19.6. The maximum Gasteiger partial charge on any atom is 0.247 e. The number of halogens is 1. The number of nitrogens with zero attached hydrogens (tertiary/aromatic N) is 1. The van der Waals surface area contributed by atoms with Crippen LogP contribution in [0.3, 0.4) is 0 Å². The average Bonchev–Trinajstić information content (AvgIpc) is 2.91. The number of benzene rings is 2. The zero-order valence-electron chi connectivity index (χ0n) is 15.0. The van der Waals surface area contributed by atoms with Gasteiger partial charge in [0.2, 0.25) is 17.7 Å². The number of rotatable bonds is 5. The number of carbonyl (C=O) groups is 3. The average molecular weight is 403 g/mol. The largest absolute Gasteiger partial charge is 0.325 e. The fourth-order valence-electron chi connectivity index (χ4n) is 2.78. The second kappa shape index (κ2) is 8.15. The summed E-state index contributed by atoms with van der Waals surface area (Å²) in [6.07, 6.45) is 0.102. The fourth-order valence-corrected chi connectivity index (χ4v) is 3.84. The lowest BCUT2D eigenvalue weighted by Crippen LogP contribution is -2.31. The summed E-state index contributed by atoms with van der Waals surface area (Å²) in [6.45, 7) is 3.92. The van der Waals surface area contributed by atoms with Crippen molar-refractivity contribution in [3.05, 3.63) is 58.6 Å². The summed E-state index contributed by atoms with van der Waals surface area (Å²) in [7, 11) is 0. The molecule has 1 N–H and O–H groups in total. The van der Waals surface area contributed by atoms with Gasteiger partial charge in [-0.25, -0.2) is 4.90 Å². The van der Waals surface area contributed by atoms with Gasteiger partial charge in [-0.05, 0) is 61.4 Å². The maximum absolute atomic E-state index is 12.7. The van der Waals surface area contributed by atoms with Crippen LogP contribution < -0.4 is 10.2 Å². The lowest BCUT2D eigenvalue weighted by molar-refractivity contribution is -0.121. The summed E-state index contributed by atoms with van der Waals surface area (Å²) in [5.41, 5.74) is 3.34. The number of anilines is 2. The first-order valence-electron chi connectivity index (χ1n) is 8.46. The van der Waals surface area contributed by atoms with Crippen LogP contribution in [0, 0.1) is 13.8 Å². The Morgan fingerprint density at radius 2 is 1.85 bits per heavy atom. The monoisotopic (exact) mass is 402 g/mol. The highest BCUT2D eigenvalue weighted by Gasteiger charge is 2.40. The van der Waals surface area contributed by atoms with Crippen molar-refractivity contribution in [1.29, 1.82) is 0 Å². The van der Waals surface area contributed by atoms with E-state index in [1.807, 2.05) is 26.0 Å². The van der Waals surface area contributed by atoms with Crippen molar-refractivity contribution in [2.45, 2.75) is 25.5 Å². The Kier molecular flexibility index (Phi) is 5.87. The predicted molar refractivity (Wildman–Crippen MR) is 109 cm³/mol. The minimum Gasteiger partial charge on any atom is -0.325 e. The van der Waals surface area contributed by atoms with Gasteiger partial charge in [-0.1, -0.05) is 17.7 Å². The molecular formula is C20H19ClN2O3S. The summed E-state index contributed by atoms with van der Waals surface area (Å²) in [4.78, 5) is 38.3. The van der Waals surface area contributed by atoms with Crippen LogP contribution in [0.25, 0.3) is 0 Å². The van der Waals surface area contributed by atoms with Crippen molar-refractivity contribution in [1.82, 2.24) is 0 Å². The third-order valence-corrected chi connectivity index (χ3v) is 5.85. The molecule has 2 aromatic rings. The normalized spacial score (nSPS) is 16.7. The van der Waals surface area contributed by atoms with E-state index in [0.717, 1.165) is 11.1 Å². The molecule has 0 spiro atoms. The number of hydrogen-bond acceptors (Lipinski definition) is 4. The van der Waals surface area contributed by atoms with Crippen molar-refractivity contribution in [2.24, 2.45) is 0 Å². The minimum atomic E-state index is -0.546. The van der Waals surface area contributed by atoms with Crippen molar-refractivity contribution in [3.8, 4) is 0 Å². The summed E-state index contributed by atoms with van der Waals surface area (Å²) >= 11 is 7.00. The van der Waals surface area contributed by atoms with Gasteiger partial charge >= 0.3 is 0 Å². The molecule has 3 amide bonds. The standard InChI is InChI=1S/C20H19ClN2O3S/c1-12-3-8-16(9-13(12)2)23-19(25)10-17(20(23)26)27-11-18(24)22-15-6-4-14(21)5-7-15/h3-9,17H,10-11H2,1-2H3,(H,22,24). The van der Waals surface area contributed by atoms with Crippen LogP contribution in [0.2, 0.25) is 5.02 Å². The highest BCUT2D eigenvalue weighted by Crippen LogP contribution is 2.30. The van der Waals surface area contributed by atoms with E-state index in [4.69, 9.17) is 11.6 Å². The second-order valence-electron chi connectivity index (χ2n) is 6.39. The van der Waals surface area contributed by atoms with Crippen molar-refractivity contribution in [3.63, 3.8) is 0 Å². The molecule has 2 aromatic carbocycles. The van der Waals surface area contributed by atoms with Gasteiger partial charge in [0.05, 0.1) is 16.7 Å². The Balaban J connectivity index is 1.60. The highest BCUT2D eigenvalue weighted by atomic mass is 35.5. The topological polar surface area (TPSA) is 66.5 Å². The van der Waals surface area contributed by atoms with Crippen LogP contribution in [-0.2, 0) is 14.4 Å². The molecule has 1 fully saturated rings. The van der Waals surface area contributed by atoms with E-state index in [1.54, 1.807) is 30.3 Å². The first-order valence-corrected chi connectivity index (χ1v) is 9.89. The van der Waals surface area contributed by atoms with Crippen LogP contribution >= 0.6 is 23.4 Å². The summed E-state index contributed by atoms with van der Waals surface area (Å²) in [5, 5.41) is 2.79. The summed E-state index contributed by atoms with van der Waals surface area (Å²) < 4.78 is 0. The first-order chi connectivity index (χ1) is 12.8. The first kappa shape index (κ1) is 19.5. The molecule has 1 heterocycles. The Morgan fingerprint density at radius 1 is 1.15 bits per heavy atom. The van der Waals surface area contributed by atoms with Crippen LogP contribution in [0.5, 0.6) is 0 Å². The minimum absolute atomic E-state index is 0.0904. The van der Waals surface area contributed by atoms with Crippen molar-refractivity contribution >= 4 is 52.5 Å². The van der Waals surface area contributed by atoms with E-state index in [9.17, 15) is 14.4 Å². The van der Waals surface area contributed by atoms with E-state index >= 15 is 0 Å². The van der Waals surface area contributed by atoms with Gasteiger partial charge in [0.15, 0.2) is 0 Å². The number of imide groups is 1. The van der Waals surface area contributed by atoms with Crippen LogP contribution in [0.4, 0.5) is 11.4 Å². The molecule has 1 saturated heterocycles. The number of amides is 3. The molecule has 7 heteroatoms. The Hall–Kier alpha value is -2.31. The van der Waals surface area contributed by atoms with Crippen molar-refractivity contribution in [2.75, 3.05) is 16.0 Å². The van der Waals surface area contributed by atoms with Crippen LogP contribution in [0.15, 0.2) is 42.5 Å². The van der Waals surface area contributed by atoms with Crippen molar-refractivity contribution < 1.29 is 14.4 Å². The van der Waals surface area contributed by atoms with Gasteiger partial charge in [-0.15, -0.1) is 11.8 Å². The maximum atomic E-state index is 12.7. The Labute approximate surface area is 167 Å². The van der Waals surface area contributed by atoms with Gasteiger partial charge in [-0.3, -0.25) is 14.4 Å². The second-order valence-corrected chi connectivity index (χ2v) is 8.02. The Bertz CT molecular complexity index is 899. The summed E-state index contributed by atoms with van der Waals surface area (Å²) in [5.74, 6) is -0.647. The van der Waals surface area contributed by atoms with E-state index in [0.29, 0.717) is 16.4 Å². The van der Waals surface area contributed by atoms with E-state index < -0.39 is 5.25 Å². The molecule has 1 atom stereocenters. The van der Waals surface area contributed by atoms with E-state index in [1.165, 1.54) is 16.7 Å². The van der Waals surface area contributed by atoms with Crippen LogP contribution in [0.1, 0.15) is 17.5 Å². The van der Waals surface area contributed by atoms with Gasteiger partial charge in [-0.2, -0.15) is 0 Å². The van der Waals surface area contributed by atoms with E-state index in [-0.39, 0.29) is 29.9 Å². The molecule has 0 aromatic heterocycles. The zero-order valence-corrected chi connectivity index (χ0v) is 16.6. The number of thioether (sulfide) groups is 1. The number of aryl methyl sites for hydroxylation is 2. The molecule has 0 bridgehead atoms. The molecule has 0 radical (unpaired) electrons. The van der Waals surface area contributed by atoms with E-state index in [2.05, 4.69) is 5.32 Å². The van der Waals surface area contributed by atoms with Gasteiger partial charge < -0.3 is 5.32 Å². The third-order valence-electron chi connectivity index (χ3n) is 4.40. The molecule has 1 unspecified atom stereocenters. The molecule has 5 nitrogen and oxygen atoms in total. The van der Waals surface area contributed by atoms with Gasteiger partial charge in [0.25, 0.3) is 0 Å².